The third kappa shape index (κ3) is 4.06. The van der Waals surface area contributed by atoms with Crippen LogP contribution in [0.4, 0.5) is 0 Å². The zero-order chi connectivity index (χ0) is 13.7. The maximum absolute atomic E-state index is 6.08. The molecule has 1 unspecified atom stereocenters. The molecule has 1 aromatic heterocycles. The topological polar surface area (TPSA) is 37.4 Å². The molecule has 2 rings (SSSR count). The number of ether oxygens (including phenoxy) is 1. The third-order valence-corrected chi connectivity index (χ3v) is 3.96. The molecular weight excluding hydrogens is 262 g/mol. The van der Waals surface area contributed by atoms with Crippen molar-refractivity contribution >= 4 is 11.6 Å². The molecule has 1 saturated heterocycles. The minimum absolute atomic E-state index is 0.499. The molecule has 0 bridgehead atoms. The number of hydrogen-bond donors (Lipinski definition) is 1. The summed E-state index contributed by atoms with van der Waals surface area (Å²) in [4.78, 5) is 6.60. The van der Waals surface area contributed by atoms with Crippen LogP contribution in [0, 0.1) is 0 Å². The van der Waals surface area contributed by atoms with Crippen molar-refractivity contribution in [2.75, 3.05) is 27.2 Å². The van der Waals surface area contributed by atoms with Gasteiger partial charge in [0.25, 0.3) is 0 Å². The Kier molecular flexibility index (Phi) is 5.43. The molecule has 5 heteroatoms. The summed E-state index contributed by atoms with van der Waals surface area (Å²) in [5.74, 6) is 0.661. The first-order valence-electron chi connectivity index (χ1n) is 6.82. The number of rotatable bonds is 5. The number of pyridine rings is 1. The van der Waals surface area contributed by atoms with Crippen molar-refractivity contribution in [3.05, 3.63) is 22.8 Å². The van der Waals surface area contributed by atoms with Gasteiger partial charge in [-0.15, -0.1) is 0 Å². The lowest BCUT2D eigenvalue weighted by atomic mass is 10.0. The number of aromatic nitrogens is 1. The van der Waals surface area contributed by atoms with E-state index in [-0.39, 0.29) is 0 Å². The quantitative estimate of drug-likeness (QED) is 0.900. The van der Waals surface area contributed by atoms with Crippen molar-refractivity contribution in [3.63, 3.8) is 0 Å². The summed E-state index contributed by atoms with van der Waals surface area (Å²) in [7, 11) is 4.06. The fourth-order valence-electron chi connectivity index (χ4n) is 2.40. The van der Waals surface area contributed by atoms with Gasteiger partial charge in [0.2, 0.25) is 5.88 Å². The predicted molar refractivity (Wildman–Crippen MR) is 77.8 cm³/mol. The molecule has 0 amide bonds. The van der Waals surface area contributed by atoms with Crippen molar-refractivity contribution in [3.8, 4) is 5.88 Å². The molecule has 1 aliphatic rings. The van der Waals surface area contributed by atoms with Crippen LogP contribution >= 0.6 is 11.6 Å². The van der Waals surface area contributed by atoms with E-state index in [1.165, 1.54) is 19.3 Å². The molecule has 0 aromatic carbocycles. The Hall–Kier alpha value is -0.840. The van der Waals surface area contributed by atoms with Gasteiger partial charge >= 0.3 is 0 Å². The van der Waals surface area contributed by atoms with E-state index in [0.717, 1.165) is 18.7 Å². The van der Waals surface area contributed by atoms with Crippen LogP contribution < -0.4 is 10.1 Å². The second-order valence-corrected chi connectivity index (χ2v) is 5.49. The van der Waals surface area contributed by atoms with Gasteiger partial charge in [0.1, 0.15) is 6.61 Å². The highest BCUT2D eigenvalue weighted by atomic mass is 35.5. The standard InChI is InChI=1S/C14H22ClN3O/c1-16-8-11-7-14(17-9-13(11)15)19-10-12-5-3-4-6-18(12)2/h7,9,12,16H,3-6,8,10H2,1-2H3. The van der Waals surface area contributed by atoms with Crippen molar-refractivity contribution in [1.29, 1.82) is 0 Å². The molecule has 0 spiro atoms. The van der Waals surface area contributed by atoms with E-state index in [0.29, 0.717) is 23.6 Å². The van der Waals surface area contributed by atoms with E-state index in [9.17, 15) is 0 Å². The van der Waals surface area contributed by atoms with Crippen LogP contribution in [0.1, 0.15) is 24.8 Å². The van der Waals surface area contributed by atoms with Gasteiger partial charge in [-0.3, -0.25) is 0 Å². The Labute approximate surface area is 120 Å². The summed E-state index contributed by atoms with van der Waals surface area (Å²) in [6.07, 6.45) is 5.44. The summed E-state index contributed by atoms with van der Waals surface area (Å²) in [5, 5.41) is 3.77. The molecule has 1 fully saturated rings. The first kappa shape index (κ1) is 14.6. The zero-order valence-corrected chi connectivity index (χ0v) is 12.4. The van der Waals surface area contributed by atoms with Gasteiger partial charge < -0.3 is 15.0 Å². The molecule has 106 valence electrons. The van der Waals surface area contributed by atoms with E-state index in [2.05, 4.69) is 22.2 Å². The van der Waals surface area contributed by atoms with E-state index in [1.807, 2.05) is 13.1 Å². The Morgan fingerprint density at radius 1 is 1.53 bits per heavy atom. The van der Waals surface area contributed by atoms with Gasteiger partial charge in [-0.05, 0) is 39.0 Å². The van der Waals surface area contributed by atoms with Crippen LogP contribution in [0.3, 0.4) is 0 Å². The summed E-state index contributed by atoms with van der Waals surface area (Å²) < 4.78 is 5.82. The molecule has 2 heterocycles. The average molecular weight is 284 g/mol. The highest BCUT2D eigenvalue weighted by Gasteiger charge is 2.19. The summed E-state index contributed by atoms with van der Waals surface area (Å²) in [6.45, 7) is 2.58. The molecule has 1 aliphatic heterocycles. The molecule has 0 saturated carbocycles. The smallest absolute Gasteiger partial charge is 0.213 e. The lowest BCUT2D eigenvalue weighted by molar-refractivity contribution is 0.122. The van der Waals surface area contributed by atoms with E-state index in [4.69, 9.17) is 16.3 Å². The van der Waals surface area contributed by atoms with Gasteiger partial charge in [-0.25, -0.2) is 4.98 Å². The maximum Gasteiger partial charge on any atom is 0.213 e. The van der Waals surface area contributed by atoms with Gasteiger partial charge in [0, 0.05) is 24.8 Å². The van der Waals surface area contributed by atoms with Crippen LogP contribution in [-0.4, -0.2) is 43.2 Å². The lowest BCUT2D eigenvalue weighted by Gasteiger charge is -2.31. The normalized spacial score (nSPS) is 20.5. The van der Waals surface area contributed by atoms with Crippen molar-refractivity contribution in [2.24, 2.45) is 0 Å². The lowest BCUT2D eigenvalue weighted by Crippen LogP contribution is -2.40. The number of hydrogen-bond acceptors (Lipinski definition) is 4. The van der Waals surface area contributed by atoms with E-state index >= 15 is 0 Å². The SMILES string of the molecule is CNCc1cc(OCC2CCCCN2C)ncc1Cl. The van der Waals surface area contributed by atoms with Gasteiger partial charge in [-0.1, -0.05) is 18.0 Å². The van der Waals surface area contributed by atoms with Gasteiger partial charge in [0.15, 0.2) is 0 Å². The van der Waals surface area contributed by atoms with Crippen LogP contribution in [0.25, 0.3) is 0 Å². The van der Waals surface area contributed by atoms with Crippen molar-refractivity contribution < 1.29 is 4.74 Å². The zero-order valence-electron chi connectivity index (χ0n) is 11.7. The maximum atomic E-state index is 6.08. The fraction of sp³-hybridized carbons (Fsp3) is 0.643. The molecule has 4 nitrogen and oxygen atoms in total. The minimum Gasteiger partial charge on any atom is -0.476 e. The Morgan fingerprint density at radius 3 is 3.11 bits per heavy atom. The Morgan fingerprint density at radius 2 is 2.37 bits per heavy atom. The van der Waals surface area contributed by atoms with Crippen molar-refractivity contribution in [2.45, 2.75) is 31.8 Å². The van der Waals surface area contributed by atoms with Crippen LogP contribution in [0.5, 0.6) is 5.88 Å². The summed E-state index contributed by atoms with van der Waals surface area (Å²) in [5.41, 5.74) is 1.02. The highest BCUT2D eigenvalue weighted by Crippen LogP contribution is 2.21. The second kappa shape index (κ2) is 7.08. The number of nitrogens with one attached hydrogen (secondary N) is 1. The third-order valence-electron chi connectivity index (χ3n) is 3.62. The molecule has 0 aliphatic carbocycles. The second-order valence-electron chi connectivity index (χ2n) is 5.09. The number of likely N-dealkylation sites (N-methyl/N-ethyl adjacent to an activating group) is 1. The number of likely N-dealkylation sites (tertiary alicyclic amines) is 1. The first-order chi connectivity index (χ1) is 9.20. The van der Waals surface area contributed by atoms with Crippen molar-refractivity contribution in [1.82, 2.24) is 15.2 Å². The molecule has 1 aromatic rings. The number of piperidine rings is 1. The van der Waals surface area contributed by atoms with Gasteiger partial charge in [-0.2, -0.15) is 0 Å². The predicted octanol–water partition coefficient (Wildman–Crippen LogP) is 2.32. The molecular formula is C14H22ClN3O. The van der Waals surface area contributed by atoms with E-state index in [1.54, 1.807) is 6.20 Å². The minimum atomic E-state index is 0.499. The molecule has 0 radical (unpaired) electrons. The Bertz CT molecular complexity index is 414. The first-order valence-corrected chi connectivity index (χ1v) is 7.20. The summed E-state index contributed by atoms with van der Waals surface area (Å²) in [6, 6.07) is 2.42. The Balaban J connectivity index is 1.93. The monoisotopic (exact) mass is 283 g/mol. The number of nitrogens with zero attached hydrogens (tertiary/aromatic N) is 2. The molecule has 19 heavy (non-hydrogen) atoms. The summed E-state index contributed by atoms with van der Waals surface area (Å²) >= 11 is 6.08. The van der Waals surface area contributed by atoms with Gasteiger partial charge in [0.05, 0.1) is 5.02 Å². The molecule has 1 N–H and O–H groups in total. The fourth-order valence-corrected chi connectivity index (χ4v) is 2.57. The van der Waals surface area contributed by atoms with Crippen LogP contribution in [0.2, 0.25) is 5.02 Å². The average Bonchev–Trinajstić information content (AvgIpc) is 2.41. The number of halogens is 1. The van der Waals surface area contributed by atoms with Crippen LogP contribution in [-0.2, 0) is 6.54 Å². The van der Waals surface area contributed by atoms with Crippen LogP contribution in [0.15, 0.2) is 12.3 Å². The molecule has 1 atom stereocenters. The van der Waals surface area contributed by atoms with E-state index < -0.39 is 0 Å². The highest BCUT2D eigenvalue weighted by molar-refractivity contribution is 6.31. The largest absolute Gasteiger partial charge is 0.476 e.